The largest absolute Gasteiger partial charge is 0.488 e. The third-order valence-electron chi connectivity index (χ3n) is 5.99. The summed E-state index contributed by atoms with van der Waals surface area (Å²) in [7, 11) is -3.83. The SMILES string of the molecule is CS(=O)(=O)c1c(COc2cccc3ccccc23)c(N)c(=O)n2c1SC[C@H]2C(=O)Nc1ccccc1. The van der Waals surface area contributed by atoms with E-state index in [1.54, 1.807) is 30.3 Å². The van der Waals surface area contributed by atoms with E-state index in [4.69, 9.17) is 10.5 Å². The van der Waals surface area contributed by atoms with Gasteiger partial charge < -0.3 is 15.8 Å². The zero-order valence-corrected chi connectivity index (χ0v) is 20.9. The molecule has 0 saturated carbocycles. The number of nitrogens with two attached hydrogens (primary N) is 1. The summed E-state index contributed by atoms with van der Waals surface area (Å²) in [6.07, 6.45) is 1.06. The van der Waals surface area contributed by atoms with E-state index < -0.39 is 27.3 Å². The van der Waals surface area contributed by atoms with E-state index in [0.29, 0.717) is 11.4 Å². The van der Waals surface area contributed by atoms with Gasteiger partial charge in [-0.2, -0.15) is 0 Å². The lowest BCUT2D eigenvalue weighted by molar-refractivity contribution is -0.118. The van der Waals surface area contributed by atoms with Crippen molar-refractivity contribution in [3.63, 3.8) is 0 Å². The second-order valence-corrected chi connectivity index (χ2v) is 11.4. The number of carbonyl (C=O) groups is 1. The molecule has 5 rings (SSSR count). The van der Waals surface area contributed by atoms with Crippen LogP contribution in [0.5, 0.6) is 5.75 Å². The van der Waals surface area contributed by atoms with Gasteiger partial charge in [-0.3, -0.25) is 14.2 Å². The van der Waals surface area contributed by atoms with Gasteiger partial charge in [-0.25, -0.2) is 8.42 Å². The molecule has 3 N–H and O–H groups in total. The highest BCUT2D eigenvalue weighted by atomic mass is 32.2. The fourth-order valence-electron chi connectivity index (χ4n) is 4.30. The normalized spacial score (nSPS) is 15.0. The van der Waals surface area contributed by atoms with Crippen molar-refractivity contribution in [2.24, 2.45) is 0 Å². The van der Waals surface area contributed by atoms with E-state index >= 15 is 0 Å². The van der Waals surface area contributed by atoms with Gasteiger partial charge in [0.15, 0.2) is 9.84 Å². The first-order valence-electron chi connectivity index (χ1n) is 11.1. The number of aromatic nitrogens is 1. The average Bonchev–Trinajstić information content (AvgIpc) is 3.30. The molecule has 0 saturated heterocycles. The van der Waals surface area contributed by atoms with Crippen LogP contribution in [-0.4, -0.2) is 30.9 Å². The summed E-state index contributed by atoms with van der Waals surface area (Å²) in [5.74, 6) is 0.317. The fourth-order valence-corrected chi connectivity index (χ4v) is 7.18. The first kappa shape index (κ1) is 24.0. The maximum Gasteiger partial charge on any atom is 0.275 e. The van der Waals surface area contributed by atoms with E-state index in [1.807, 2.05) is 42.5 Å². The molecule has 1 aromatic heterocycles. The van der Waals surface area contributed by atoms with Gasteiger partial charge in [0.05, 0.1) is 5.03 Å². The summed E-state index contributed by atoms with van der Waals surface area (Å²) in [6, 6.07) is 21.1. The van der Waals surface area contributed by atoms with Crippen molar-refractivity contribution in [2.75, 3.05) is 23.1 Å². The Hall–Kier alpha value is -3.76. The minimum atomic E-state index is -3.83. The van der Waals surface area contributed by atoms with E-state index in [9.17, 15) is 18.0 Å². The highest BCUT2D eigenvalue weighted by molar-refractivity contribution is 8.00. The maximum absolute atomic E-state index is 13.3. The minimum absolute atomic E-state index is 0.0835. The van der Waals surface area contributed by atoms with Crippen molar-refractivity contribution < 1.29 is 17.9 Å². The van der Waals surface area contributed by atoms with Crippen LogP contribution >= 0.6 is 11.8 Å². The molecule has 3 aromatic carbocycles. The number of hydrogen-bond donors (Lipinski definition) is 2. The molecule has 10 heteroatoms. The fraction of sp³-hybridized carbons (Fsp3) is 0.154. The first-order valence-corrected chi connectivity index (χ1v) is 14.0. The number of pyridine rings is 1. The number of benzene rings is 3. The lowest BCUT2D eigenvalue weighted by Gasteiger charge is -2.19. The number of fused-ring (bicyclic) bond motifs is 2. The first-order chi connectivity index (χ1) is 17.3. The Kier molecular flexibility index (Phi) is 6.23. The van der Waals surface area contributed by atoms with Crippen molar-refractivity contribution in [3.8, 4) is 5.75 Å². The molecule has 1 atom stereocenters. The predicted molar refractivity (Wildman–Crippen MR) is 141 cm³/mol. The Morgan fingerprint density at radius 2 is 1.78 bits per heavy atom. The van der Waals surface area contributed by atoms with Crippen LogP contribution in [0.2, 0.25) is 0 Å². The molecule has 1 aliphatic rings. The Morgan fingerprint density at radius 3 is 2.53 bits per heavy atom. The van der Waals surface area contributed by atoms with Gasteiger partial charge in [0.25, 0.3) is 5.56 Å². The number of sulfone groups is 1. The Balaban J connectivity index is 1.55. The predicted octanol–water partition coefficient (Wildman–Crippen LogP) is 3.85. The molecule has 36 heavy (non-hydrogen) atoms. The zero-order chi connectivity index (χ0) is 25.4. The summed E-state index contributed by atoms with van der Waals surface area (Å²) in [6.45, 7) is -0.216. The maximum atomic E-state index is 13.3. The molecular weight excluding hydrogens is 498 g/mol. The third kappa shape index (κ3) is 4.33. The lowest BCUT2D eigenvalue weighted by Crippen LogP contribution is -2.35. The van der Waals surface area contributed by atoms with Crippen LogP contribution in [0.1, 0.15) is 11.6 Å². The van der Waals surface area contributed by atoms with E-state index in [1.165, 1.54) is 4.57 Å². The van der Waals surface area contributed by atoms with E-state index in [2.05, 4.69) is 5.32 Å². The van der Waals surface area contributed by atoms with Crippen molar-refractivity contribution >= 4 is 49.7 Å². The second kappa shape index (κ2) is 9.36. The molecule has 8 nitrogen and oxygen atoms in total. The molecule has 2 heterocycles. The second-order valence-electron chi connectivity index (χ2n) is 8.42. The topological polar surface area (TPSA) is 120 Å². The monoisotopic (exact) mass is 521 g/mol. The van der Waals surface area contributed by atoms with Crippen molar-refractivity contribution in [1.82, 2.24) is 4.57 Å². The number of nitrogens with zero attached hydrogens (tertiary/aromatic N) is 1. The summed E-state index contributed by atoms with van der Waals surface area (Å²) in [4.78, 5) is 26.3. The van der Waals surface area contributed by atoms with Gasteiger partial charge in [0.1, 0.15) is 29.0 Å². The van der Waals surface area contributed by atoms with Crippen molar-refractivity contribution in [1.29, 1.82) is 0 Å². The van der Waals surface area contributed by atoms with Crippen molar-refractivity contribution in [2.45, 2.75) is 22.6 Å². The van der Waals surface area contributed by atoms with Gasteiger partial charge in [-0.15, -0.1) is 11.8 Å². The molecule has 0 bridgehead atoms. The number of carbonyl (C=O) groups excluding carboxylic acids is 1. The van der Waals surface area contributed by atoms with Crippen LogP contribution in [-0.2, 0) is 21.2 Å². The number of thioether (sulfide) groups is 1. The highest BCUT2D eigenvalue weighted by Gasteiger charge is 2.37. The summed E-state index contributed by atoms with van der Waals surface area (Å²) in [5.41, 5.74) is 6.03. The van der Waals surface area contributed by atoms with Gasteiger partial charge >= 0.3 is 0 Å². The third-order valence-corrected chi connectivity index (χ3v) is 8.45. The molecule has 4 aromatic rings. The molecule has 1 aliphatic heterocycles. The molecule has 0 aliphatic carbocycles. The Bertz CT molecular complexity index is 1640. The Labute approximate surface area is 212 Å². The van der Waals surface area contributed by atoms with Gasteiger partial charge in [-0.1, -0.05) is 54.6 Å². The molecule has 0 unspecified atom stereocenters. The van der Waals surface area contributed by atoms with Crippen LogP contribution in [0.25, 0.3) is 10.8 Å². The molecule has 184 valence electrons. The van der Waals surface area contributed by atoms with Crippen molar-refractivity contribution in [3.05, 3.63) is 88.7 Å². The number of hydrogen-bond acceptors (Lipinski definition) is 7. The number of rotatable bonds is 6. The average molecular weight is 522 g/mol. The number of ether oxygens (including phenoxy) is 1. The van der Waals surface area contributed by atoms with Gasteiger partial charge in [0, 0.05) is 28.6 Å². The molecule has 0 radical (unpaired) electrons. The molecule has 0 fully saturated rings. The number of para-hydroxylation sites is 1. The van der Waals surface area contributed by atoms with Crippen LogP contribution in [0.4, 0.5) is 11.4 Å². The quantitative estimate of drug-likeness (QED) is 0.395. The number of nitrogen functional groups attached to an aromatic ring is 1. The number of anilines is 2. The van der Waals surface area contributed by atoms with Crippen LogP contribution in [0.3, 0.4) is 0 Å². The van der Waals surface area contributed by atoms with E-state index in [-0.39, 0.29) is 33.5 Å². The lowest BCUT2D eigenvalue weighted by atomic mass is 10.1. The minimum Gasteiger partial charge on any atom is -0.488 e. The smallest absolute Gasteiger partial charge is 0.275 e. The Morgan fingerprint density at radius 1 is 1.08 bits per heavy atom. The summed E-state index contributed by atoms with van der Waals surface area (Å²) < 4.78 is 33.1. The summed E-state index contributed by atoms with van der Waals surface area (Å²) in [5, 5.41) is 4.79. The number of amides is 1. The number of nitrogens with one attached hydrogen (secondary N) is 1. The van der Waals surface area contributed by atoms with E-state index in [0.717, 1.165) is 28.8 Å². The standard InChI is InChI=1S/C26H23N3O5S2/c1-36(32,33)23-19(14-34-21-13-7-9-16-8-5-6-12-18(16)21)22(27)25(31)29-20(15-35-26(23)29)24(30)28-17-10-3-2-4-11-17/h2-13,20H,14-15,27H2,1H3,(H,28,30)/t20-/m0/s1. The molecular formula is C26H23N3O5S2. The summed E-state index contributed by atoms with van der Waals surface area (Å²) >= 11 is 1.14. The molecule has 0 spiro atoms. The van der Waals surface area contributed by atoms with Crippen LogP contribution < -0.4 is 21.3 Å². The van der Waals surface area contributed by atoms with Crippen LogP contribution in [0.15, 0.2) is 87.5 Å². The highest BCUT2D eigenvalue weighted by Crippen LogP contribution is 2.40. The van der Waals surface area contributed by atoms with Gasteiger partial charge in [-0.05, 0) is 23.6 Å². The van der Waals surface area contributed by atoms with Gasteiger partial charge in [0.2, 0.25) is 5.91 Å². The van der Waals surface area contributed by atoms with Crippen LogP contribution in [0, 0.1) is 0 Å². The zero-order valence-electron chi connectivity index (χ0n) is 19.3. The molecule has 1 amide bonds.